The molecule has 4 heterocycles. The smallest absolute Gasteiger partial charge is 0.226 e. The topological polar surface area (TPSA) is 86.0 Å². The van der Waals surface area contributed by atoms with Gasteiger partial charge in [-0.1, -0.05) is 24.3 Å². The van der Waals surface area contributed by atoms with Crippen LogP contribution >= 0.6 is 0 Å². The number of nitrogens with one attached hydrogen (secondary N) is 1. The number of ether oxygens (including phenoxy) is 1. The Morgan fingerprint density at radius 3 is 2.62 bits per heavy atom. The molecule has 26 heavy (non-hydrogen) atoms. The zero-order valence-electron chi connectivity index (χ0n) is 15.0. The molecule has 6 nitrogen and oxygen atoms in total. The van der Waals surface area contributed by atoms with Gasteiger partial charge in [0.1, 0.15) is 5.82 Å². The lowest BCUT2D eigenvalue weighted by atomic mass is 9.88. The summed E-state index contributed by atoms with van der Waals surface area (Å²) >= 11 is 0. The summed E-state index contributed by atoms with van der Waals surface area (Å²) in [5.74, 6) is 2.33. The molecule has 0 amide bonds. The number of hydrogen-bond donors (Lipinski definition) is 2. The van der Waals surface area contributed by atoms with Crippen LogP contribution in [0.1, 0.15) is 43.5 Å². The van der Waals surface area contributed by atoms with Gasteiger partial charge in [0, 0.05) is 36.3 Å². The molecule has 1 atom stereocenters. The minimum Gasteiger partial charge on any atom is -0.381 e. The summed E-state index contributed by atoms with van der Waals surface area (Å²) in [4.78, 5) is 14.4. The summed E-state index contributed by atoms with van der Waals surface area (Å²) in [7, 11) is 0. The summed E-state index contributed by atoms with van der Waals surface area (Å²) < 4.78 is 5.91. The second-order valence-corrected chi connectivity index (χ2v) is 8.14. The Bertz CT molecular complexity index is 817. The van der Waals surface area contributed by atoms with Gasteiger partial charge >= 0.3 is 0 Å². The van der Waals surface area contributed by atoms with Gasteiger partial charge in [-0.05, 0) is 44.1 Å². The maximum Gasteiger partial charge on any atom is 0.226 e. The molecule has 1 spiro atoms. The third-order valence-corrected chi connectivity index (χ3v) is 6.02. The molecule has 3 N–H and O–H groups in total. The highest BCUT2D eigenvalue weighted by Crippen LogP contribution is 2.50. The maximum absolute atomic E-state index is 6.78. The highest BCUT2D eigenvalue weighted by Gasteiger charge is 2.47. The lowest BCUT2D eigenvalue weighted by Crippen LogP contribution is -2.49. The lowest BCUT2D eigenvalue weighted by Gasteiger charge is -2.30. The predicted molar refractivity (Wildman–Crippen MR) is 100.0 cm³/mol. The Kier molecular flexibility index (Phi) is 3.72. The highest BCUT2D eigenvalue weighted by atomic mass is 16.5. The molecule has 6 rings (SSSR count). The van der Waals surface area contributed by atoms with Crippen LogP contribution in [0.3, 0.4) is 0 Å². The van der Waals surface area contributed by atoms with E-state index >= 15 is 0 Å². The number of nitrogens with two attached hydrogens (primary N) is 1. The summed E-state index contributed by atoms with van der Waals surface area (Å²) in [6.45, 7) is 2.09. The molecule has 6 heteroatoms. The standard InChI is InChI=1S/C20H25N5O/c21-20-9-11-26-10-1-6-19(7-8-19)17-23-16(24-18(25-17)22-13-20)15-4-2-14(12-20)3-5-15/h2-5H,1,6-13,21H2,(H,22,23,24,25). The van der Waals surface area contributed by atoms with Crippen LogP contribution in [-0.2, 0) is 16.6 Å². The first-order valence-corrected chi connectivity index (χ1v) is 9.61. The van der Waals surface area contributed by atoms with Crippen LogP contribution in [0.4, 0.5) is 5.95 Å². The van der Waals surface area contributed by atoms with Gasteiger partial charge in [0.2, 0.25) is 5.95 Å². The minimum absolute atomic E-state index is 0.103. The van der Waals surface area contributed by atoms with Crippen LogP contribution in [0.5, 0.6) is 0 Å². The molecule has 1 saturated carbocycles. The van der Waals surface area contributed by atoms with Crippen LogP contribution in [-0.4, -0.2) is 40.2 Å². The average molecular weight is 351 g/mol. The van der Waals surface area contributed by atoms with Gasteiger partial charge < -0.3 is 15.8 Å². The average Bonchev–Trinajstić information content (AvgIpc) is 3.43. The monoisotopic (exact) mass is 351 g/mol. The van der Waals surface area contributed by atoms with Gasteiger partial charge in [-0.15, -0.1) is 0 Å². The van der Waals surface area contributed by atoms with Gasteiger partial charge in [0.05, 0.1) is 0 Å². The summed E-state index contributed by atoms with van der Waals surface area (Å²) in [6.07, 6.45) is 6.00. The molecule has 3 aliphatic heterocycles. The molecule has 0 radical (unpaired) electrons. The molecule has 0 saturated heterocycles. The largest absolute Gasteiger partial charge is 0.381 e. The second-order valence-electron chi connectivity index (χ2n) is 8.14. The maximum atomic E-state index is 6.78. The first kappa shape index (κ1) is 16.1. The van der Waals surface area contributed by atoms with Crippen LogP contribution < -0.4 is 11.1 Å². The molecule has 2 aromatic rings. The van der Waals surface area contributed by atoms with Crippen molar-refractivity contribution in [3.63, 3.8) is 0 Å². The van der Waals surface area contributed by atoms with Gasteiger partial charge in [-0.3, -0.25) is 0 Å². The number of benzene rings is 1. The summed E-state index contributed by atoms with van der Waals surface area (Å²) in [5.41, 5.74) is 8.75. The van der Waals surface area contributed by atoms with Gasteiger partial charge in [0.25, 0.3) is 0 Å². The number of nitrogens with zero attached hydrogens (tertiary/aromatic N) is 3. The van der Waals surface area contributed by atoms with E-state index < -0.39 is 5.54 Å². The van der Waals surface area contributed by atoms with E-state index in [1.807, 2.05) is 0 Å². The van der Waals surface area contributed by atoms with Crippen molar-refractivity contribution in [2.45, 2.75) is 49.5 Å². The normalized spacial score (nSPS) is 26.7. The van der Waals surface area contributed by atoms with Crippen molar-refractivity contribution in [3.05, 3.63) is 35.7 Å². The van der Waals surface area contributed by atoms with Crippen molar-refractivity contribution in [1.82, 2.24) is 15.0 Å². The Hall–Kier alpha value is -2.05. The van der Waals surface area contributed by atoms with Gasteiger partial charge in [0.15, 0.2) is 5.82 Å². The summed E-state index contributed by atoms with van der Waals surface area (Å²) in [5, 5.41) is 3.41. The molecule has 1 aromatic carbocycles. The van der Waals surface area contributed by atoms with Gasteiger partial charge in [-0.2, -0.15) is 9.97 Å². The van der Waals surface area contributed by atoms with Gasteiger partial charge in [-0.25, -0.2) is 4.98 Å². The lowest BCUT2D eigenvalue weighted by molar-refractivity contribution is 0.110. The Morgan fingerprint density at radius 2 is 1.81 bits per heavy atom. The van der Waals surface area contributed by atoms with Crippen molar-refractivity contribution in [2.75, 3.05) is 25.1 Å². The van der Waals surface area contributed by atoms with Crippen LogP contribution in [0.2, 0.25) is 0 Å². The quantitative estimate of drug-likeness (QED) is 0.758. The number of anilines is 1. The number of fused-ring (bicyclic) bond motifs is 4. The third kappa shape index (κ3) is 2.97. The molecule has 1 aliphatic carbocycles. The van der Waals surface area contributed by atoms with Crippen molar-refractivity contribution >= 4 is 5.95 Å². The Balaban J connectivity index is 1.66. The van der Waals surface area contributed by atoms with E-state index in [4.69, 9.17) is 20.4 Å². The van der Waals surface area contributed by atoms with Crippen LogP contribution in [0, 0.1) is 0 Å². The van der Waals surface area contributed by atoms with E-state index in [2.05, 4.69) is 34.6 Å². The predicted octanol–water partition coefficient (Wildman–Crippen LogP) is 2.44. The molecule has 1 fully saturated rings. The molecular weight excluding hydrogens is 326 g/mol. The second kappa shape index (κ2) is 5.99. The SMILES string of the molecule is NC12CCOCCCC3(CC3)c3nc(nc(n3)-c3ccc(cc3)C1)NC2. The molecular formula is C20H25N5O. The third-order valence-electron chi connectivity index (χ3n) is 6.02. The fourth-order valence-electron chi connectivity index (χ4n) is 4.12. The first-order chi connectivity index (χ1) is 12.6. The summed E-state index contributed by atoms with van der Waals surface area (Å²) in [6, 6.07) is 8.49. The van der Waals surface area contributed by atoms with E-state index in [0.717, 1.165) is 62.3 Å². The van der Waals surface area contributed by atoms with Crippen molar-refractivity contribution in [3.8, 4) is 11.4 Å². The number of aromatic nitrogens is 3. The van der Waals surface area contributed by atoms with E-state index in [0.29, 0.717) is 19.1 Å². The highest BCUT2D eigenvalue weighted by molar-refractivity contribution is 5.57. The first-order valence-electron chi connectivity index (χ1n) is 9.61. The van der Waals surface area contributed by atoms with E-state index in [1.54, 1.807) is 0 Å². The van der Waals surface area contributed by atoms with E-state index in [-0.39, 0.29) is 5.41 Å². The van der Waals surface area contributed by atoms with E-state index in [1.165, 1.54) is 5.56 Å². The number of hydrogen-bond acceptors (Lipinski definition) is 6. The Labute approximate surface area is 153 Å². The molecule has 4 aliphatic rings. The van der Waals surface area contributed by atoms with Crippen molar-refractivity contribution < 1.29 is 4.74 Å². The fraction of sp³-hybridized carbons (Fsp3) is 0.550. The molecule has 6 bridgehead atoms. The molecule has 136 valence electrons. The molecule has 1 aromatic heterocycles. The zero-order chi connectivity index (χ0) is 17.6. The minimum atomic E-state index is -0.399. The zero-order valence-corrected chi connectivity index (χ0v) is 15.0. The van der Waals surface area contributed by atoms with Crippen LogP contribution in [0.15, 0.2) is 24.3 Å². The van der Waals surface area contributed by atoms with Crippen molar-refractivity contribution in [1.29, 1.82) is 0 Å². The molecule has 1 unspecified atom stereocenters. The van der Waals surface area contributed by atoms with Crippen LogP contribution in [0.25, 0.3) is 11.4 Å². The van der Waals surface area contributed by atoms with E-state index in [9.17, 15) is 0 Å². The number of rotatable bonds is 0. The fourth-order valence-corrected chi connectivity index (χ4v) is 4.12. The van der Waals surface area contributed by atoms with Crippen molar-refractivity contribution in [2.24, 2.45) is 5.73 Å². The Morgan fingerprint density at radius 1 is 0.962 bits per heavy atom.